The average molecular weight is 286 g/mol. The van der Waals surface area contributed by atoms with E-state index in [4.69, 9.17) is 9.84 Å². The highest BCUT2D eigenvalue weighted by Crippen LogP contribution is 2.12. The quantitative estimate of drug-likeness (QED) is 0.782. The second-order valence-corrected chi connectivity index (χ2v) is 5.61. The van der Waals surface area contributed by atoms with Crippen molar-refractivity contribution in [3.05, 3.63) is 0 Å². The smallest absolute Gasteiger partial charge is 0.317 e. The molecule has 1 amide bonds. The van der Waals surface area contributed by atoms with Crippen molar-refractivity contribution in [2.24, 2.45) is 0 Å². The number of ether oxygens (including phenoxy) is 1. The van der Waals surface area contributed by atoms with Crippen molar-refractivity contribution in [2.45, 2.75) is 52.4 Å². The fourth-order valence-corrected chi connectivity index (χ4v) is 2.45. The zero-order valence-corrected chi connectivity index (χ0v) is 12.8. The number of carbonyl (C=O) groups is 2. The Bertz CT molecular complexity index is 338. The third-order valence-electron chi connectivity index (χ3n) is 3.66. The predicted octanol–water partition coefficient (Wildman–Crippen LogP) is 0.807. The van der Waals surface area contributed by atoms with E-state index in [0.717, 1.165) is 6.42 Å². The van der Waals surface area contributed by atoms with Crippen molar-refractivity contribution in [1.82, 2.24) is 9.80 Å². The summed E-state index contributed by atoms with van der Waals surface area (Å²) in [7, 11) is 0. The first-order chi connectivity index (χ1) is 9.33. The Morgan fingerprint density at radius 1 is 1.30 bits per heavy atom. The van der Waals surface area contributed by atoms with Crippen LogP contribution in [0.3, 0.4) is 0 Å². The van der Waals surface area contributed by atoms with Gasteiger partial charge in [-0.2, -0.15) is 0 Å². The molecule has 1 saturated heterocycles. The lowest BCUT2D eigenvalue weighted by Crippen LogP contribution is -2.52. The largest absolute Gasteiger partial charge is 0.480 e. The van der Waals surface area contributed by atoms with Gasteiger partial charge in [0.2, 0.25) is 5.91 Å². The number of carboxylic acids is 1. The third-order valence-corrected chi connectivity index (χ3v) is 3.66. The molecule has 6 heteroatoms. The molecule has 116 valence electrons. The minimum atomic E-state index is -0.901. The highest BCUT2D eigenvalue weighted by molar-refractivity contribution is 5.79. The molecule has 1 heterocycles. The van der Waals surface area contributed by atoms with Crippen LogP contribution < -0.4 is 0 Å². The van der Waals surface area contributed by atoms with Crippen molar-refractivity contribution in [2.75, 3.05) is 26.2 Å². The molecule has 1 aliphatic heterocycles. The first kappa shape index (κ1) is 16.9. The van der Waals surface area contributed by atoms with Crippen LogP contribution in [-0.2, 0) is 14.3 Å². The molecule has 0 saturated carbocycles. The molecule has 0 aromatic rings. The Kier molecular flexibility index (Phi) is 6.42. The normalized spacial score (nSPS) is 24.8. The van der Waals surface area contributed by atoms with Crippen molar-refractivity contribution >= 4 is 11.9 Å². The highest BCUT2D eigenvalue weighted by atomic mass is 16.5. The number of carbonyl (C=O) groups excluding carboxylic acids is 1. The molecule has 0 bridgehead atoms. The number of nitrogens with zero attached hydrogens (tertiary/aromatic N) is 2. The lowest BCUT2D eigenvalue weighted by atomic mass is 10.2. The van der Waals surface area contributed by atoms with E-state index in [2.05, 4.69) is 0 Å². The Hall–Kier alpha value is -1.14. The summed E-state index contributed by atoms with van der Waals surface area (Å²) in [6.07, 6.45) is 0.870. The van der Waals surface area contributed by atoms with Gasteiger partial charge in [0.25, 0.3) is 0 Å². The van der Waals surface area contributed by atoms with Gasteiger partial charge in [0.05, 0.1) is 25.3 Å². The molecule has 0 unspecified atom stereocenters. The van der Waals surface area contributed by atoms with E-state index in [9.17, 15) is 9.59 Å². The van der Waals surface area contributed by atoms with Crippen molar-refractivity contribution < 1.29 is 19.4 Å². The number of hydrogen-bond donors (Lipinski definition) is 1. The summed E-state index contributed by atoms with van der Waals surface area (Å²) in [4.78, 5) is 26.7. The third kappa shape index (κ3) is 5.09. The lowest BCUT2D eigenvalue weighted by molar-refractivity contribution is -0.146. The molecule has 3 atom stereocenters. The second kappa shape index (κ2) is 7.59. The zero-order chi connectivity index (χ0) is 15.3. The molecule has 0 aromatic heterocycles. The number of rotatable bonds is 6. The van der Waals surface area contributed by atoms with Crippen LogP contribution >= 0.6 is 0 Å². The van der Waals surface area contributed by atoms with Gasteiger partial charge in [0.15, 0.2) is 0 Å². The molecule has 20 heavy (non-hydrogen) atoms. The van der Waals surface area contributed by atoms with E-state index in [1.54, 1.807) is 9.80 Å². The lowest BCUT2D eigenvalue weighted by Gasteiger charge is -2.37. The molecule has 1 rings (SSSR count). The maximum absolute atomic E-state index is 12.3. The van der Waals surface area contributed by atoms with Crippen LogP contribution in [-0.4, -0.2) is 71.2 Å². The molecule has 0 aromatic carbocycles. The van der Waals surface area contributed by atoms with Crippen LogP contribution in [0.15, 0.2) is 0 Å². The molecule has 1 aliphatic rings. The second-order valence-electron chi connectivity index (χ2n) is 5.61. The number of morpholine rings is 1. The van der Waals surface area contributed by atoms with Gasteiger partial charge in [-0.3, -0.25) is 14.5 Å². The molecule has 0 spiro atoms. The van der Waals surface area contributed by atoms with Gasteiger partial charge in [0.1, 0.15) is 0 Å². The van der Waals surface area contributed by atoms with Gasteiger partial charge >= 0.3 is 5.97 Å². The SMILES string of the molecule is CC[C@H](C)N(CC(=O)O)CC(=O)N1C[C@@H](C)O[C@@H](C)C1. The molecule has 0 aliphatic carbocycles. The molecule has 0 radical (unpaired) electrons. The molecule has 1 fully saturated rings. The maximum atomic E-state index is 12.3. The molecular weight excluding hydrogens is 260 g/mol. The molecule has 1 N–H and O–H groups in total. The Morgan fingerprint density at radius 2 is 1.85 bits per heavy atom. The van der Waals surface area contributed by atoms with E-state index >= 15 is 0 Å². The van der Waals surface area contributed by atoms with Crippen LogP contribution in [0.2, 0.25) is 0 Å². The first-order valence-corrected chi connectivity index (χ1v) is 7.22. The van der Waals surface area contributed by atoms with Crippen LogP contribution in [0.25, 0.3) is 0 Å². The summed E-state index contributed by atoms with van der Waals surface area (Å²) in [5.74, 6) is -0.921. The van der Waals surface area contributed by atoms with Crippen molar-refractivity contribution in [3.8, 4) is 0 Å². The number of aliphatic carboxylic acids is 1. The van der Waals surface area contributed by atoms with Crippen LogP contribution in [0.4, 0.5) is 0 Å². The summed E-state index contributed by atoms with van der Waals surface area (Å²) in [5.41, 5.74) is 0. The van der Waals surface area contributed by atoms with E-state index in [-0.39, 0.29) is 37.2 Å². The Labute approximate surface area is 120 Å². The van der Waals surface area contributed by atoms with E-state index in [0.29, 0.717) is 13.1 Å². The van der Waals surface area contributed by atoms with Gasteiger partial charge in [-0.05, 0) is 27.2 Å². The average Bonchev–Trinajstić information content (AvgIpc) is 2.35. The summed E-state index contributed by atoms with van der Waals surface area (Å²) >= 11 is 0. The minimum absolute atomic E-state index is 0.0199. The minimum Gasteiger partial charge on any atom is -0.480 e. The number of carboxylic acid groups (broad SMARTS) is 1. The first-order valence-electron chi connectivity index (χ1n) is 7.22. The van der Waals surface area contributed by atoms with Crippen LogP contribution in [0.5, 0.6) is 0 Å². The van der Waals surface area contributed by atoms with Gasteiger partial charge in [-0.15, -0.1) is 0 Å². The summed E-state index contributed by atoms with van der Waals surface area (Å²) in [6, 6.07) is 0.0749. The fraction of sp³-hybridized carbons (Fsp3) is 0.857. The summed E-state index contributed by atoms with van der Waals surface area (Å²) in [5, 5.41) is 8.95. The highest BCUT2D eigenvalue weighted by Gasteiger charge is 2.28. The Balaban J connectivity index is 2.62. The van der Waals surface area contributed by atoms with Gasteiger partial charge in [0, 0.05) is 19.1 Å². The van der Waals surface area contributed by atoms with Gasteiger partial charge in [-0.1, -0.05) is 6.92 Å². The van der Waals surface area contributed by atoms with Crippen molar-refractivity contribution in [1.29, 1.82) is 0 Å². The molecule has 6 nitrogen and oxygen atoms in total. The monoisotopic (exact) mass is 286 g/mol. The number of amides is 1. The van der Waals surface area contributed by atoms with E-state index in [1.165, 1.54) is 0 Å². The standard InChI is InChI=1S/C14H26N2O4/c1-5-10(2)15(9-14(18)19)8-13(17)16-6-11(3)20-12(4)7-16/h10-12H,5-9H2,1-4H3,(H,18,19)/t10-,11-,12+/m0/s1. The maximum Gasteiger partial charge on any atom is 0.317 e. The fourth-order valence-electron chi connectivity index (χ4n) is 2.45. The predicted molar refractivity (Wildman–Crippen MR) is 75.6 cm³/mol. The van der Waals surface area contributed by atoms with Crippen molar-refractivity contribution in [3.63, 3.8) is 0 Å². The Morgan fingerprint density at radius 3 is 2.30 bits per heavy atom. The number of hydrogen-bond acceptors (Lipinski definition) is 4. The molecular formula is C14H26N2O4. The van der Waals surface area contributed by atoms with Crippen LogP contribution in [0.1, 0.15) is 34.1 Å². The zero-order valence-electron chi connectivity index (χ0n) is 12.8. The van der Waals surface area contributed by atoms with Gasteiger partial charge in [-0.25, -0.2) is 0 Å². The topological polar surface area (TPSA) is 70.1 Å². The van der Waals surface area contributed by atoms with Gasteiger partial charge < -0.3 is 14.7 Å². The summed E-state index contributed by atoms with van der Waals surface area (Å²) < 4.78 is 5.60. The van der Waals surface area contributed by atoms with Crippen LogP contribution in [0, 0.1) is 0 Å². The summed E-state index contributed by atoms with van der Waals surface area (Å²) in [6.45, 7) is 9.02. The van der Waals surface area contributed by atoms with E-state index in [1.807, 2.05) is 27.7 Å². The van der Waals surface area contributed by atoms with E-state index < -0.39 is 5.97 Å².